The van der Waals surface area contributed by atoms with Crippen LogP contribution in [0.4, 0.5) is 5.69 Å². The molecular formula is C23H24N2O2. The van der Waals surface area contributed by atoms with Crippen molar-refractivity contribution in [1.29, 1.82) is 0 Å². The molecule has 1 aliphatic carbocycles. The van der Waals surface area contributed by atoms with E-state index in [0.29, 0.717) is 19.3 Å². The highest BCUT2D eigenvalue weighted by molar-refractivity contribution is 6.07. The van der Waals surface area contributed by atoms with E-state index in [0.717, 1.165) is 28.1 Å². The van der Waals surface area contributed by atoms with Gasteiger partial charge in [-0.2, -0.15) is 0 Å². The number of hydrogen-bond donors (Lipinski definition) is 0. The van der Waals surface area contributed by atoms with Gasteiger partial charge in [0.15, 0.2) is 5.78 Å². The molecule has 0 saturated heterocycles. The van der Waals surface area contributed by atoms with Crippen molar-refractivity contribution >= 4 is 17.4 Å². The smallest absolute Gasteiger partial charge is 0.232 e. The Morgan fingerprint density at radius 1 is 1.07 bits per heavy atom. The van der Waals surface area contributed by atoms with E-state index in [1.807, 2.05) is 43.3 Å². The van der Waals surface area contributed by atoms with E-state index in [1.54, 1.807) is 17.3 Å². The molecule has 0 fully saturated rings. The Kier molecular flexibility index (Phi) is 4.22. The lowest BCUT2D eigenvalue weighted by Crippen LogP contribution is -2.43. The molecule has 1 aromatic heterocycles. The second-order valence-corrected chi connectivity index (χ2v) is 8.41. The Morgan fingerprint density at radius 2 is 1.81 bits per heavy atom. The van der Waals surface area contributed by atoms with Crippen molar-refractivity contribution in [3.63, 3.8) is 0 Å². The summed E-state index contributed by atoms with van der Waals surface area (Å²) >= 11 is 0. The lowest BCUT2D eigenvalue weighted by atomic mass is 9.69. The Bertz CT molecular complexity index is 927. The third kappa shape index (κ3) is 3.20. The standard InChI is InChI=1S/C23H24N2O2/c1-15-6-8-17(9-7-15)25-19-12-23(2,3)13-20(26)22(19)18(11-21(25)27)16-5-4-10-24-14-16/h4-10,14,18H,11-13H2,1-3H3/t18-/m0/s1. The highest BCUT2D eigenvalue weighted by Crippen LogP contribution is 2.47. The van der Waals surface area contributed by atoms with Gasteiger partial charge in [-0.15, -0.1) is 0 Å². The molecule has 2 heterocycles. The third-order valence-electron chi connectivity index (χ3n) is 5.52. The minimum absolute atomic E-state index is 0.0388. The summed E-state index contributed by atoms with van der Waals surface area (Å²) in [6, 6.07) is 11.8. The van der Waals surface area contributed by atoms with Crippen LogP contribution in [0.15, 0.2) is 60.1 Å². The maximum Gasteiger partial charge on any atom is 0.232 e. The summed E-state index contributed by atoms with van der Waals surface area (Å²) in [6.07, 6.45) is 5.01. The molecule has 4 rings (SSSR count). The average molecular weight is 360 g/mol. The summed E-state index contributed by atoms with van der Waals surface area (Å²) in [5, 5.41) is 0. The van der Waals surface area contributed by atoms with Crippen molar-refractivity contribution in [3.8, 4) is 0 Å². The zero-order valence-corrected chi connectivity index (χ0v) is 16.0. The van der Waals surface area contributed by atoms with Crippen molar-refractivity contribution in [3.05, 3.63) is 71.2 Å². The summed E-state index contributed by atoms with van der Waals surface area (Å²) in [5.41, 5.74) is 4.43. The van der Waals surface area contributed by atoms with E-state index in [4.69, 9.17) is 0 Å². The molecule has 27 heavy (non-hydrogen) atoms. The van der Waals surface area contributed by atoms with Crippen LogP contribution in [0.1, 0.15) is 50.2 Å². The molecule has 0 radical (unpaired) electrons. The number of amides is 1. The van der Waals surface area contributed by atoms with Gasteiger partial charge in [0.2, 0.25) is 5.91 Å². The molecule has 2 aliphatic rings. The molecule has 4 nitrogen and oxygen atoms in total. The first-order chi connectivity index (χ1) is 12.9. The first kappa shape index (κ1) is 17.7. The van der Waals surface area contributed by atoms with E-state index >= 15 is 0 Å². The fourth-order valence-corrected chi connectivity index (χ4v) is 4.28. The van der Waals surface area contributed by atoms with Crippen LogP contribution >= 0.6 is 0 Å². The van der Waals surface area contributed by atoms with Gasteiger partial charge in [-0.3, -0.25) is 19.5 Å². The molecule has 1 atom stereocenters. The summed E-state index contributed by atoms with van der Waals surface area (Å²) in [6.45, 7) is 6.22. The normalized spacial score (nSPS) is 22.0. The van der Waals surface area contributed by atoms with Gasteiger partial charge >= 0.3 is 0 Å². The number of carbonyl (C=O) groups is 2. The van der Waals surface area contributed by atoms with Gasteiger partial charge in [0.1, 0.15) is 0 Å². The number of carbonyl (C=O) groups excluding carboxylic acids is 2. The first-order valence-electron chi connectivity index (χ1n) is 9.41. The third-order valence-corrected chi connectivity index (χ3v) is 5.52. The van der Waals surface area contributed by atoms with E-state index in [9.17, 15) is 9.59 Å². The molecule has 1 aliphatic heterocycles. The van der Waals surface area contributed by atoms with Crippen molar-refractivity contribution in [2.45, 2.75) is 46.0 Å². The Morgan fingerprint density at radius 3 is 2.48 bits per heavy atom. The van der Waals surface area contributed by atoms with E-state index < -0.39 is 0 Å². The molecule has 0 N–H and O–H groups in total. The van der Waals surface area contributed by atoms with Crippen LogP contribution in [0.5, 0.6) is 0 Å². The average Bonchev–Trinajstić information content (AvgIpc) is 2.62. The van der Waals surface area contributed by atoms with E-state index in [1.165, 1.54) is 0 Å². The number of allylic oxidation sites excluding steroid dienone is 2. The number of pyridine rings is 1. The molecule has 0 bridgehead atoms. The number of benzene rings is 1. The number of Topliss-reactive ketones (excluding diaryl/α,β-unsaturated/α-hetero) is 1. The molecule has 1 aromatic carbocycles. The van der Waals surface area contributed by atoms with Crippen molar-refractivity contribution in [2.75, 3.05) is 4.90 Å². The molecule has 2 aromatic rings. The topological polar surface area (TPSA) is 50.3 Å². The summed E-state index contributed by atoms with van der Waals surface area (Å²) in [4.78, 5) is 32.3. The first-order valence-corrected chi connectivity index (χ1v) is 9.41. The van der Waals surface area contributed by atoms with Crippen LogP contribution in [0.25, 0.3) is 0 Å². The van der Waals surface area contributed by atoms with Crippen molar-refractivity contribution in [2.24, 2.45) is 5.41 Å². The molecule has 0 saturated carbocycles. The number of hydrogen-bond acceptors (Lipinski definition) is 3. The summed E-state index contributed by atoms with van der Waals surface area (Å²) < 4.78 is 0. The maximum atomic E-state index is 13.2. The lowest BCUT2D eigenvalue weighted by Gasteiger charge is -2.42. The van der Waals surface area contributed by atoms with Gasteiger partial charge < -0.3 is 0 Å². The van der Waals surface area contributed by atoms with Crippen LogP contribution in [-0.4, -0.2) is 16.7 Å². The van der Waals surface area contributed by atoms with E-state index in [-0.39, 0.29) is 23.0 Å². The van der Waals surface area contributed by atoms with Gasteiger partial charge in [-0.25, -0.2) is 0 Å². The van der Waals surface area contributed by atoms with E-state index in [2.05, 4.69) is 18.8 Å². The Labute approximate surface area is 159 Å². The molecule has 0 unspecified atom stereocenters. The Hall–Kier alpha value is -2.75. The van der Waals surface area contributed by atoms with Crippen molar-refractivity contribution in [1.82, 2.24) is 4.98 Å². The summed E-state index contributed by atoms with van der Waals surface area (Å²) in [7, 11) is 0. The number of aromatic nitrogens is 1. The fourth-order valence-electron chi connectivity index (χ4n) is 4.28. The van der Waals surface area contributed by atoms with Crippen molar-refractivity contribution < 1.29 is 9.59 Å². The molecule has 1 amide bonds. The zero-order chi connectivity index (χ0) is 19.2. The van der Waals surface area contributed by atoms with Gasteiger partial charge in [0, 0.05) is 48.1 Å². The molecular weight excluding hydrogens is 336 g/mol. The summed E-state index contributed by atoms with van der Waals surface area (Å²) in [5.74, 6) is -0.0110. The van der Waals surface area contributed by atoms with Crippen LogP contribution < -0.4 is 4.90 Å². The number of aryl methyl sites for hydroxylation is 1. The van der Waals surface area contributed by atoms with Gasteiger partial charge in [0.25, 0.3) is 0 Å². The lowest BCUT2D eigenvalue weighted by molar-refractivity contribution is -0.121. The zero-order valence-electron chi connectivity index (χ0n) is 16.0. The number of anilines is 1. The quantitative estimate of drug-likeness (QED) is 0.789. The van der Waals surface area contributed by atoms with Gasteiger partial charge in [0.05, 0.1) is 0 Å². The monoisotopic (exact) mass is 360 g/mol. The molecule has 138 valence electrons. The minimum Gasteiger partial charge on any atom is -0.294 e. The van der Waals surface area contributed by atoms with Crippen LogP contribution in [0, 0.1) is 12.3 Å². The predicted octanol–water partition coefficient (Wildman–Crippen LogP) is 4.55. The van der Waals surface area contributed by atoms with Gasteiger partial charge in [-0.05, 0) is 42.5 Å². The highest BCUT2D eigenvalue weighted by Gasteiger charge is 2.44. The van der Waals surface area contributed by atoms with Crippen LogP contribution in [0.3, 0.4) is 0 Å². The fraction of sp³-hybridized carbons (Fsp3) is 0.348. The van der Waals surface area contributed by atoms with Crippen LogP contribution in [0.2, 0.25) is 0 Å². The predicted molar refractivity (Wildman–Crippen MR) is 105 cm³/mol. The number of nitrogens with zero attached hydrogens (tertiary/aromatic N) is 2. The molecule has 0 spiro atoms. The minimum atomic E-state index is -0.202. The van der Waals surface area contributed by atoms with Gasteiger partial charge in [-0.1, -0.05) is 37.6 Å². The number of ketones is 1. The second kappa shape index (κ2) is 6.45. The van der Waals surface area contributed by atoms with Crippen LogP contribution in [-0.2, 0) is 9.59 Å². The largest absolute Gasteiger partial charge is 0.294 e. The maximum absolute atomic E-state index is 13.2. The SMILES string of the molecule is Cc1ccc(N2C(=O)C[C@@H](c3cccnc3)C3=C2CC(C)(C)CC3=O)cc1. The highest BCUT2D eigenvalue weighted by atomic mass is 16.2. The molecule has 4 heteroatoms. The number of rotatable bonds is 2. The second-order valence-electron chi connectivity index (χ2n) is 8.41. The Balaban J connectivity index is 1.89.